The fraction of sp³-hybridized carbons (Fsp3) is 0.125. The van der Waals surface area contributed by atoms with Gasteiger partial charge in [-0.3, -0.25) is 0 Å². The number of furan rings is 1. The third-order valence-electron chi connectivity index (χ3n) is 2.98. The van der Waals surface area contributed by atoms with Crippen molar-refractivity contribution in [1.29, 1.82) is 0 Å². The highest BCUT2D eigenvalue weighted by molar-refractivity contribution is 6.30. The molecule has 0 saturated carbocycles. The van der Waals surface area contributed by atoms with E-state index < -0.39 is 0 Å². The first-order chi connectivity index (χ1) is 10.7. The van der Waals surface area contributed by atoms with Gasteiger partial charge >= 0.3 is 0 Å². The van der Waals surface area contributed by atoms with Gasteiger partial charge in [-0.05, 0) is 43.3 Å². The lowest BCUT2D eigenvalue weighted by Gasteiger charge is -2.09. The van der Waals surface area contributed by atoms with E-state index in [-0.39, 0.29) is 0 Å². The lowest BCUT2D eigenvalue weighted by atomic mass is 10.3. The van der Waals surface area contributed by atoms with E-state index in [1.807, 2.05) is 49.4 Å². The van der Waals surface area contributed by atoms with Gasteiger partial charge in [-0.15, -0.1) is 0 Å². The number of halogens is 1. The molecule has 6 heteroatoms. The summed E-state index contributed by atoms with van der Waals surface area (Å²) in [4.78, 5) is 8.82. The summed E-state index contributed by atoms with van der Waals surface area (Å²) in [5.41, 5.74) is 1.75. The summed E-state index contributed by atoms with van der Waals surface area (Å²) >= 11 is 5.88. The molecule has 3 aromatic rings. The van der Waals surface area contributed by atoms with Gasteiger partial charge in [0.25, 0.3) is 0 Å². The summed E-state index contributed by atoms with van der Waals surface area (Å²) in [5, 5.41) is 7.07. The zero-order chi connectivity index (χ0) is 15.4. The second kappa shape index (κ2) is 6.49. The van der Waals surface area contributed by atoms with E-state index in [4.69, 9.17) is 16.0 Å². The van der Waals surface area contributed by atoms with Crippen LogP contribution in [0.1, 0.15) is 11.5 Å². The summed E-state index contributed by atoms with van der Waals surface area (Å²) in [6.07, 6.45) is 1.65. The van der Waals surface area contributed by atoms with Gasteiger partial charge in [0, 0.05) is 22.5 Å². The lowest BCUT2D eigenvalue weighted by Crippen LogP contribution is -2.05. The predicted molar refractivity (Wildman–Crippen MR) is 87.5 cm³/mol. The molecule has 0 amide bonds. The molecule has 112 valence electrons. The average Bonchev–Trinajstić information content (AvgIpc) is 3.00. The average molecular weight is 315 g/mol. The Morgan fingerprint density at radius 3 is 2.68 bits per heavy atom. The predicted octanol–water partition coefficient (Wildman–Crippen LogP) is 4.39. The molecule has 0 unspecified atom stereocenters. The van der Waals surface area contributed by atoms with Crippen molar-refractivity contribution < 1.29 is 4.42 Å². The van der Waals surface area contributed by atoms with E-state index in [0.29, 0.717) is 17.5 Å². The second-order valence-electron chi connectivity index (χ2n) is 4.78. The highest BCUT2D eigenvalue weighted by atomic mass is 35.5. The van der Waals surface area contributed by atoms with E-state index in [1.165, 1.54) is 0 Å². The van der Waals surface area contributed by atoms with Gasteiger partial charge in [0.15, 0.2) is 0 Å². The van der Waals surface area contributed by atoms with Gasteiger partial charge in [0.2, 0.25) is 5.95 Å². The van der Waals surface area contributed by atoms with E-state index >= 15 is 0 Å². The Morgan fingerprint density at radius 2 is 1.95 bits per heavy atom. The highest BCUT2D eigenvalue weighted by Crippen LogP contribution is 2.18. The third-order valence-corrected chi connectivity index (χ3v) is 3.23. The Labute approximate surface area is 133 Å². The number of aromatic nitrogens is 2. The molecule has 0 bridgehead atoms. The van der Waals surface area contributed by atoms with Crippen LogP contribution >= 0.6 is 11.6 Å². The minimum Gasteiger partial charge on any atom is -0.467 e. The number of rotatable bonds is 5. The molecule has 0 radical (unpaired) electrons. The van der Waals surface area contributed by atoms with Crippen LogP contribution in [0.2, 0.25) is 5.02 Å². The van der Waals surface area contributed by atoms with Crippen LogP contribution < -0.4 is 10.6 Å². The SMILES string of the molecule is Cc1cc(NCc2ccco2)nc(Nc2ccc(Cl)cc2)n1. The first kappa shape index (κ1) is 14.4. The van der Waals surface area contributed by atoms with Crippen molar-refractivity contribution >= 4 is 29.1 Å². The smallest absolute Gasteiger partial charge is 0.229 e. The molecule has 1 aromatic carbocycles. The molecule has 0 saturated heterocycles. The van der Waals surface area contributed by atoms with Crippen LogP contribution in [0.5, 0.6) is 0 Å². The first-order valence-corrected chi connectivity index (χ1v) is 7.21. The lowest BCUT2D eigenvalue weighted by molar-refractivity contribution is 0.518. The number of aryl methyl sites for hydroxylation is 1. The Kier molecular flexibility index (Phi) is 4.25. The molecule has 0 aliphatic heterocycles. The molecular formula is C16H15ClN4O. The minimum atomic E-state index is 0.532. The summed E-state index contributed by atoms with van der Waals surface area (Å²) in [6.45, 7) is 2.50. The van der Waals surface area contributed by atoms with Crippen molar-refractivity contribution in [2.75, 3.05) is 10.6 Å². The van der Waals surface area contributed by atoms with E-state index in [2.05, 4.69) is 20.6 Å². The van der Waals surface area contributed by atoms with Crippen molar-refractivity contribution in [3.63, 3.8) is 0 Å². The maximum absolute atomic E-state index is 5.88. The maximum Gasteiger partial charge on any atom is 0.229 e. The fourth-order valence-electron chi connectivity index (χ4n) is 1.97. The second-order valence-corrected chi connectivity index (χ2v) is 5.22. The fourth-order valence-corrected chi connectivity index (χ4v) is 2.09. The van der Waals surface area contributed by atoms with Crippen molar-refractivity contribution in [2.45, 2.75) is 13.5 Å². The van der Waals surface area contributed by atoms with Crippen LogP contribution in [0.3, 0.4) is 0 Å². The number of nitrogens with zero attached hydrogens (tertiary/aromatic N) is 2. The van der Waals surface area contributed by atoms with E-state index in [1.54, 1.807) is 6.26 Å². The Bertz CT molecular complexity index is 741. The molecular weight excluding hydrogens is 300 g/mol. The monoisotopic (exact) mass is 314 g/mol. The molecule has 2 heterocycles. The summed E-state index contributed by atoms with van der Waals surface area (Å²) in [5.74, 6) is 2.12. The molecule has 0 spiro atoms. The standard InChI is InChI=1S/C16H15ClN4O/c1-11-9-15(18-10-14-3-2-8-22-14)21-16(19-11)20-13-6-4-12(17)5-7-13/h2-9H,10H2,1H3,(H2,18,19,20,21). The van der Waals surface area contributed by atoms with Crippen LogP contribution in [-0.2, 0) is 6.54 Å². The normalized spacial score (nSPS) is 10.5. The largest absolute Gasteiger partial charge is 0.467 e. The van der Waals surface area contributed by atoms with Gasteiger partial charge in [0.1, 0.15) is 11.6 Å². The summed E-state index contributed by atoms with van der Waals surface area (Å²) in [6, 6.07) is 13.0. The highest BCUT2D eigenvalue weighted by Gasteiger charge is 2.04. The maximum atomic E-state index is 5.88. The van der Waals surface area contributed by atoms with Gasteiger partial charge in [0.05, 0.1) is 12.8 Å². The Balaban J connectivity index is 1.73. The molecule has 0 atom stereocenters. The van der Waals surface area contributed by atoms with Gasteiger partial charge < -0.3 is 15.1 Å². The Morgan fingerprint density at radius 1 is 1.14 bits per heavy atom. The van der Waals surface area contributed by atoms with E-state index in [0.717, 1.165) is 23.0 Å². The number of anilines is 3. The molecule has 0 fully saturated rings. The molecule has 3 rings (SSSR count). The van der Waals surface area contributed by atoms with Crippen molar-refractivity contribution in [1.82, 2.24) is 9.97 Å². The zero-order valence-electron chi connectivity index (χ0n) is 12.0. The van der Waals surface area contributed by atoms with Gasteiger partial charge in [-0.2, -0.15) is 4.98 Å². The third kappa shape index (κ3) is 3.77. The van der Waals surface area contributed by atoms with Crippen LogP contribution in [0.25, 0.3) is 0 Å². The molecule has 5 nitrogen and oxygen atoms in total. The molecule has 22 heavy (non-hydrogen) atoms. The number of benzene rings is 1. The van der Waals surface area contributed by atoms with Crippen molar-refractivity contribution in [3.05, 3.63) is 65.2 Å². The summed E-state index contributed by atoms with van der Waals surface area (Å²) < 4.78 is 5.29. The molecule has 2 N–H and O–H groups in total. The Hall–Kier alpha value is -2.53. The molecule has 0 aliphatic rings. The number of hydrogen-bond donors (Lipinski definition) is 2. The van der Waals surface area contributed by atoms with Crippen molar-refractivity contribution in [2.24, 2.45) is 0 Å². The number of nitrogens with one attached hydrogen (secondary N) is 2. The first-order valence-electron chi connectivity index (χ1n) is 6.83. The van der Waals surface area contributed by atoms with Crippen LogP contribution in [0.4, 0.5) is 17.5 Å². The minimum absolute atomic E-state index is 0.532. The van der Waals surface area contributed by atoms with Gasteiger partial charge in [-0.25, -0.2) is 4.98 Å². The zero-order valence-corrected chi connectivity index (χ0v) is 12.8. The van der Waals surface area contributed by atoms with Crippen molar-refractivity contribution in [3.8, 4) is 0 Å². The van der Waals surface area contributed by atoms with Gasteiger partial charge in [-0.1, -0.05) is 11.6 Å². The van der Waals surface area contributed by atoms with E-state index in [9.17, 15) is 0 Å². The van der Waals surface area contributed by atoms with Crippen LogP contribution in [-0.4, -0.2) is 9.97 Å². The quantitative estimate of drug-likeness (QED) is 0.731. The topological polar surface area (TPSA) is 63.0 Å². The molecule has 2 aromatic heterocycles. The molecule has 0 aliphatic carbocycles. The number of hydrogen-bond acceptors (Lipinski definition) is 5. The van der Waals surface area contributed by atoms with Crippen LogP contribution in [0.15, 0.2) is 53.1 Å². The summed E-state index contributed by atoms with van der Waals surface area (Å²) in [7, 11) is 0. The van der Waals surface area contributed by atoms with Crippen LogP contribution in [0, 0.1) is 6.92 Å².